The summed E-state index contributed by atoms with van der Waals surface area (Å²) in [4.78, 5) is 22.8. The van der Waals surface area contributed by atoms with Crippen LogP contribution in [0.3, 0.4) is 0 Å². The molecular formula is C13H15IN2O3S. The number of rotatable bonds is 7. The lowest BCUT2D eigenvalue weighted by molar-refractivity contribution is 0.0698. The molecular weight excluding hydrogens is 391 g/mol. The molecule has 0 saturated heterocycles. The monoisotopic (exact) mass is 406 g/mol. The Labute approximate surface area is 135 Å². The Balaban J connectivity index is 2.53. The minimum absolute atomic E-state index is 0.0769. The fraction of sp³-hybridized carbons (Fsp3) is 0.231. The molecule has 0 fully saturated rings. The van der Waals surface area contributed by atoms with E-state index in [9.17, 15) is 9.59 Å². The van der Waals surface area contributed by atoms with Gasteiger partial charge in [0.05, 0.1) is 11.3 Å². The molecule has 0 spiro atoms. The highest BCUT2D eigenvalue weighted by Gasteiger charge is 2.12. The number of urea groups is 1. The predicted octanol–water partition coefficient (Wildman–Crippen LogP) is 3.03. The van der Waals surface area contributed by atoms with Gasteiger partial charge in [-0.15, -0.1) is 6.58 Å². The number of nitrogens with one attached hydrogen (secondary N) is 2. The molecule has 1 aromatic rings. The van der Waals surface area contributed by atoms with E-state index in [1.165, 1.54) is 6.07 Å². The van der Waals surface area contributed by atoms with Crippen LogP contribution in [-0.2, 0) is 0 Å². The van der Waals surface area contributed by atoms with Crippen LogP contribution in [-0.4, -0.2) is 35.2 Å². The zero-order valence-electron chi connectivity index (χ0n) is 10.7. The summed E-state index contributed by atoms with van der Waals surface area (Å²) in [7, 11) is 0. The highest BCUT2D eigenvalue weighted by atomic mass is 127. The van der Waals surface area contributed by atoms with Crippen LogP contribution in [0.2, 0.25) is 0 Å². The molecule has 0 aliphatic carbocycles. The Kier molecular flexibility index (Phi) is 7.45. The van der Waals surface area contributed by atoms with Crippen molar-refractivity contribution >= 4 is 52.0 Å². The fourth-order valence-electron chi connectivity index (χ4n) is 1.37. The first-order valence-electron chi connectivity index (χ1n) is 5.81. The summed E-state index contributed by atoms with van der Waals surface area (Å²) in [5.41, 5.74) is 0.363. The molecule has 3 N–H and O–H groups in total. The van der Waals surface area contributed by atoms with E-state index >= 15 is 0 Å². The highest BCUT2D eigenvalue weighted by molar-refractivity contribution is 14.1. The molecule has 0 aliphatic rings. The molecule has 7 heteroatoms. The predicted molar refractivity (Wildman–Crippen MR) is 90.7 cm³/mol. The molecule has 108 valence electrons. The first kappa shape index (κ1) is 16.8. The largest absolute Gasteiger partial charge is 0.478 e. The molecule has 0 saturated carbocycles. The number of hydrogen-bond acceptors (Lipinski definition) is 3. The molecule has 1 aromatic carbocycles. The third-order valence-electron chi connectivity index (χ3n) is 2.23. The van der Waals surface area contributed by atoms with Gasteiger partial charge >= 0.3 is 12.0 Å². The lowest BCUT2D eigenvalue weighted by Crippen LogP contribution is -2.31. The van der Waals surface area contributed by atoms with Crippen molar-refractivity contribution in [1.29, 1.82) is 0 Å². The van der Waals surface area contributed by atoms with Gasteiger partial charge in [-0.1, -0.05) is 6.08 Å². The quantitative estimate of drug-likeness (QED) is 0.370. The van der Waals surface area contributed by atoms with E-state index in [1.54, 1.807) is 30.0 Å². The van der Waals surface area contributed by atoms with Gasteiger partial charge in [0.1, 0.15) is 0 Å². The number of aromatic carboxylic acids is 1. The van der Waals surface area contributed by atoms with Crippen LogP contribution in [0.5, 0.6) is 0 Å². The molecule has 0 aliphatic heterocycles. The minimum atomic E-state index is -1.07. The van der Waals surface area contributed by atoms with Gasteiger partial charge in [0.25, 0.3) is 0 Å². The summed E-state index contributed by atoms with van der Waals surface area (Å²) in [6.45, 7) is 4.12. The Hall–Kier alpha value is -1.22. The Morgan fingerprint density at radius 2 is 2.20 bits per heavy atom. The van der Waals surface area contributed by atoms with Gasteiger partial charge in [0.15, 0.2) is 0 Å². The van der Waals surface area contributed by atoms with Crippen molar-refractivity contribution in [2.45, 2.75) is 0 Å². The van der Waals surface area contributed by atoms with Gasteiger partial charge in [0.2, 0.25) is 0 Å². The third-order valence-corrected chi connectivity index (χ3v) is 3.86. The van der Waals surface area contributed by atoms with Crippen molar-refractivity contribution in [2.24, 2.45) is 0 Å². The first-order valence-corrected chi connectivity index (χ1v) is 8.04. The number of amides is 2. The second-order valence-electron chi connectivity index (χ2n) is 3.74. The van der Waals surface area contributed by atoms with Crippen molar-refractivity contribution in [3.05, 3.63) is 40.0 Å². The van der Waals surface area contributed by atoms with E-state index in [4.69, 9.17) is 5.11 Å². The van der Waals surface area contributed by atoms with E-state index in [-0.39, 0.29) is 11.3 Å². The number of carbonyl (C=O) groups is 2. The summed E-state index contributed by atoms with van der Waals surface area (Å²) in [6.07, 6.45) is 1.80. The van der Waals surface area contributed by atoms with Crippen LogP contribution in [0.25, 0.3) is 0 Å². The molecule has 0 bridgehead atoms. The van der Waals surface area contributed by atoms with Crippen LogP contribution in [0.1, 0.15) is 10.4 Å². The van der Waals surface area contributed by atoms with Gasteiger partial charge in [0, 0.05) is 21.6 Å². The summed E-state index contributed by atoms with van der Waals surface area (Å²) >= 11 is 3.68. The summed E-state index contributed by atoms with van der Waals surface area (Å²) in [5.74, 6) is 0.543. The van der Waals surface area contributed by atoms with Crippen LogP contribution >= 0.6 is 34.4 Å². The normalized spacial score (nSPS) is 9.85. The number of thioether (sulfide) groups is 1. The number of anilines is 1. The number of carboxylic acid groups (broad SMARTS) is 1. The Morgan fingerprint density at radius 1 is 1.45 bits per heavy atom. The maximum atomic E-state index is 11.7. The summed E-state index contributed by atoms with van der Waals surface area (Å²) < 4.78 is 0.798. The lowest BCUT2D eigenvalue weighted by atomic mass is 10.2. The molecule has 0 heterocycles. The van der Waals surface area contributed by atoms with Crippen molar-refractivity contribution < 1.29 is 14.7 Å². The zero-order valence-corrected chi connectivity index (χ0v) is 13.7. The molecule has 5 nitrogen and oxygen atoms in total. The van der Waals surface area contributed by atoms with Gasteiger partial charge in [-0.3, -0.25) is 0 Å². The second-order valence-corrected chi connectivity index (χ2v) is 6.14. The van der Waals surface area contributed by atoms with Crippen molar-refractivity contribution in [3.63, 3.8) is 0 Å². The van der Waals surface area contributed by atoms with Crippen LogP contribution < -0.4 is 10.6 Å². The minimum Gasteiger partial charge on any atom is -0.478 e. The molecule has 0 radical (unpaired) electrons. The number of halogens is 1. The Morgan fingerprint density at radius 3 is 2.85 bits per heavy atom. The number of carbonyl (C=O) groups excluding carboxylic acids is 1. The molecule has 1 rings (SSSR count). The summed E-state index contributed by atoms with van der Waals surface area (Å²) in [5, 5.41) is 14.3. The van der Waals surface area contributed by atoms with Crippen LogP contribution in [0, 0.1) is 3.57 Å². The van der Waals surface area contributed by atoms with Crippen molar-refractivity contribution in [2.75, 3.05) is 23.4 Å². The number of benzene rings is 1. The highest BCUT2D eigenvalue weighted by Crippen LogP contribution is 2.18. The van der Waals surface area contributed by atoms with E-state index in [0.717, 1.165) is 15.1 Å². The molecule has 20 heavy (non-hydrogen) atoms. The van der Waals surface area contributed by atoms with Crippen LogP contribution in [0.15, 0.2) is 30.9 Å². The second kappa shape index (κ2) is 8.85. The Bertz CT molecular complexity index is 508. The van der Waals surface area contributed by atoms with E-state index in [1.807, 2.05) is 22.6 Å². The van der Waals surface area contributed by atoms with E-state index in [2.05, 4.69) is 17.2 Å². The lowest BCUT2D eigenvalue weighted by Gasteiger charge is -2.10. The third kappa shape index (κ3) is 5.83. The van der Waals surface area contributed by atoms with E-state index in [0.29, 0.717) is 6.54 Å². The van der Waals surface area contributed by atoms with Gasteiger partial charge in [-0.25, -0.2) is 9.59 Å². The SMILES string of the molecule is C=CCSCCNC(=O)Nc1ccc(I)cc1C(=O)O. The average Bonchev–Trinajstić information content (AvgIpc) is 2.40. The maximum Gasteiger partial charge on any atom is 0.337 e. The molecule has 0 aromatic heterocycles. The average molecular weight is 406 g/mol. The van der Waals surface area contributed by atoms with Crippen molar-refractivity contribution in [1.82, 2.24) is 5.32 Å². The van der Waals surface area contributed by atoms with Crippen LogP contribution in [0.4, 0.5) is 10.5 Å². The maximum absolute atomic E-state index is 11.7. The molecule has 0 unspecified atom stereocenters. The molecule has 2 amide bonds. The van der Waals surface area contributed by atoms with Gasteiger partial charge < -0.3 is 15.7 Å². The topological polar surface area (TPSA) is 78.4 Å². The number of carboxylic acids is 1. The molecule has 0 atom stereocenters. The standard InChI is InChI=1S/C13H15IN2O3S/c1-2-6-20-7-5-15-13(19)16-11-4-3-9(14)8-10(11)12(17)18/h2-4,8H,1,5-7H2,(H,17,18)(H2,15,16,19). The number of hydrogen-bond donors (Lipinski definition) is 3. The van der Waals surface area contributed by atoms with Gasteiger partial charge in [-0.2, -0.15) is 11.8 Å². The van der Waals surface area contributed by atoms with Crippen molar-refractivity contribution in [3.8, 4) is 0 Å². The first-order chi connectivity index (χ1) is 9.54. The zero-order chi connectivity index (χ0) is 15.0. The van der Waals surface area contributed by atoms with Gasteiger partial charge in [-0.05, 0) is 40.8 Å². The smallest absolute Gasteiger partial charge is 0.337 e. The fourth-order valence-corrected chi connectivity index (χ4v) is 2.44. The van der Waals surface area contributed by atoms with E-state index < -0.39 is 12.0 Å². The summed E-state index contributed by atoms with van der Waals surface area (Å²) in [6, 6.07) is 4.42.